The van der Waals surface area contributed by atoms with Crippen molar-refractivity contribution in [2.45, 2.75) is 39.0 Å². The van der Waals surface area contributed by atoms with Gasteiger partial charge in [0.05, 0.1) is 24.3 Å². The zero-order valence-corrected chi connectivity index (χ0v) is 18.0. The van der Waals surface area contributed by atoms with Gasteiger partial charge in [0.2, 0.25) is 0 Å². The predicted octanol–water partition coefficient (Wildman–Crippen LogP) is 4.02. The van der Waals surface area contributed by atoms with Crippen LogP contribution >= 0.6 is 0 Å². The van der Waals surface area contributed by atoms with E-state index >= 15 is 0 Å². The van der Waals surface area contributed by atoms with Gasteiger partial charge in [0.25, 0.3) is 11.8 Å². The van der Waals surface area contributed by atoms with Gasteiger partial charge >= 0.3 is 0 Å². The van der Waals surface area contributed by atoms with Crippen molar-refractivity contribution in [1.29, 1.82) is 0 Å². The van der Waals surface area contributed by atoms with Crippen molar-refractivity contribution in [3.05, 3.63) is 65.2 Å². The Bertz CT molecular complexity index is 948. The molecule has 0 aromatic heterocycles. The Morgan fingerprint density at radius 2 is 1.39 bits per heavy atom. The van der Waals surface area contributed by atoms with Crippen molar-refractivity contribution in [2.24, 2.45) is 5.41 Å². The molecule has 0 saturated carbocycles. The van der Waals surface area contributed by atoms with Gasteiger partial charge in [0.1, 0.15) is 0 Å². The number of rotatable bonds is 3. The van der Waals surface area contributed by atoms with E-state index in [2.05, 4.69) is 43.0 Å². The molecule has 0 spiro atoms. The van der Waals surface area contributed by atoms with Gasteiger partial charge in [-0.25, -0.2) is 0 Å². The summed E-state index contributed by atoms with van der Waals surface area (Å²) in [6.45, 7) is 7.26. The zero-order chi connectivity index (χ0) is 21.6. The van der Waals surface area contributed by atoms with Crippen LogP contribution < -0.4 is 4.90 Å². The Labute approximate surface area is 182 Å². The third-order valence-corrected chi connectivity index (χ3v) is 6.44. The fraction of sp³-hybridized carbons (Fsp3) is 0.440. The lowest BCUT2D eigenvalue weighted by Gasteiger charge is -2.37. The van der Waals surface area contributed by atoms with E-state index in [1.54, 1.807) is 12.1 Å². The molecule has 2 aromatic rings. The van der Waals surface area contributed by atoms with Crippen molar-refractivity contribution in [1.82, 2.24) is 4.90 Å². The maximum atomic E-state index is 12.8. The van der Waals surface area contributed by atoms with Crippen LogP contribution in [0, 0.1) is 5.41 Å². The van der Waals surface area contributed by atoms with Crippen molar-refractivity contribution < 1.29 is 19.1 Å². The third kappa shape index (κ3) is 3.75. The fourth-order valence-electron chi connectivity index (χ4n) is 4.65. The molecule has 2 amide bonds. The number of imide groups is 1. The van der Waals surface area contributed by atoms with Crippen molar-refractivity contribution in [3.63, 3.8) is 0 Å². The quantitative estimate of drug-likeness (QED) is 0.702. The number of fused-ring (bicyclic) bond motifs is 1. The Morgan fingerprint density at radius 3 is 1.94 bits per heavy atom. The lowest BCUT2D eigenvalue weighted by atomic mass is 9.95. The SMILES string of the molecule is CC1(C)COC(c2ccc(N3CCC(N4C(=O)c5ccccc5C4=O)CC3)cc2)OC1. The van der Waals surface area contributed by atoms with E-state index in [9.17, 15) is 9.59 Å². The second-order valence-corrected chi connectivity index (χ2v) is 9.45. The molecule has 162 valence electrons. The first-order valence-electron chi connectivity index (χ1n) is 11.0. The summed E-state index contributed by atoms with van der Waals surface area (Å²) in [5.41, 5.74) is 3.28. The first-order valence-corrected chi connectivity index (χ1v) is 11.0. The number of hydrogen-bond donors (Lipinski definition) is 0. The van der Waals surface area contributed by atoms with Crippen LogP contribution in [-0.4, -0.2) is 49.1 Å². The smallest absolute Gasteiger partial charge is 0.261 e. The van der Waals surface area contributed by atoms with E-state index in [1.165, 1.54) is 4.90 Å². The van der Waals surface area contributed by atoms with E-state index in [0.29, 0.717) is 24.3 Å². The normalized spacial score (nSPS) is 22.1. The fourth-order valence-corrected chi connectivity index (χ4v) is 4.65. The molecule has 0 bridgehead atoms. The van der Waals surface area contributed by atoms with Crippen LogP contribution in [0.25, 0.3) is 0 Å². The molecule has 0 N–H and O–H groups in total. The molecule has 5 rings (SSSR count). The van der Waals surface area contributed by atoms with Crippen LogP contribution in [0.5, 0.6) is 0 Å². The predicted molar refractivity (Wildman–Crippen MR) is 117 cm³/mol. The molecule has 31 heavy (non-hydrogen) atoms. The highest BCUT2D eigenvalue weighted by atomic mass is 16.7. The van der Waals surface area contributed by atoms with Gasteiger partial charge in [-0.2, -0.15) is 0 Å². The molecule has 3 aliphatic heterocycles. The van der Waals surface area contributed by atoms with Gasteiger partial charge in [0, 0.05) is 35.8 Å². The van der Waals surface area contributed by atoms with Crippen LogP contribution in [0.15, 0.2) is 48.5 Å². The topological polar surface area (TPSA) is 59.1 Å². The average Bonchev–Trinajstić information content (AvgIpc) is 3.04. The van der Waals surface area contributed by atoms with Crippen molar-refractivity contribution in [2.75, 3.05) is 31.2 Å². The van der Waals surface area contributed by atoms with Crippen LogP contribution in [0.2, 0.25) is 0 Å². The molecule has 0 unspecified atom stereocenters. The summed E-state index contributed by atoms with van der Waals surface area (Å²) in [5.74, 6) is -0.307. The number of anilines is 1. The van der Waals surface area contributed by atoms with Gasteiger partial charge in [0.15, 0.2) is 6.29 Å². The minimum Gasteiger partial charge on any atom is -0.371 e. The molecule has 2 fully saturated rings. The molecule has 0 atom stereocenters. The summed E-state index contributed by atoms with van der Waals surface area (Å²) in [5, 5.41) is 0. The average molecular weight is 421 g/mol. The first-order chi connectivity index (χ1) is 14.9. The maximum Gasteiger partial charge on any atom is 0.261 e. The number of nitrogens with zero attached hydrogens (tertiary/aromatic N) is 2. The standard InChI is InChI=1S/C25H28N2O4/c1-25(2)15-30-24(31-16-25)17-7-9-18(10-8-17)26-13-11-19(12-14-26)27-22(28)20-5-3-4-6-21(20)23(27)29/h3-10,19,24H,11-16H2,1-2H3. The lowest BCUT2D eigenvalue weighted by molar-refractivity contribution is -0.226. The molecule has 0 aliphatic carbocycles. The summed E-state index contributed by atoms with van der Waals surface area (Å²) in [6, 6.07) is 15.4. The highest BCUT2D eigenvalue weighted by Crippen LogP contribution is 2.33. The second kappa shape index (κ2) is 7.77. The van der Waals surface area contributed by atoms with Crippen molar-refractivity contribution in [3.8, 4) is 0 Å². The van der Waals surface area contributed by atoms with Crippen LogP contribution in [-0.2, 0) is 9.47 Å². The largest absolute Gasteiger partial charge is 0.371 e. The molecular weight excluding hydrogens is 392 g/mol. The minimum absolute atomic E-state index is 0.0460. The monoisotopic (exact) mass is 420 g/mol. The maximum absolute atomic E-state index is 12.8. The highest BCUT2D eigenvalue weighted by Gasteiger charge is 2.40. The number of amides is 2. The van der Waals surface area contributed by atoms with Crippen LogP contribution in [0.1, 0.15) is 59.3 Å². The van der Waals surface area contributed by atoms with Crippen LogP contribution in [0.4, 0.5) is 5.69 Å². The Morgan fingerprint density at radius 1 is 0.839 bits per heavy atom. The number of hydrogen-bond acceptors (Lipinski definition) is 5. The first kappa shape index (κ1) is 20.2. The number of carbonyl (C=O) groups excluding carboxylic acids is 2. The van der Waals surface area contributed by atoms with E-state index in [4.69, 9.17) is 9.47 Å². The van der Waals surface area contributed by atoms with E-state index < -0.39 is 0 Å². The molecule has 3 aliphatic rings. The number of ether oxygens (including phenoxy) is 2. The highest BCUT2D eigenvalue weighted by molar-refractivity contribution is 6.21. The molecule has 2 saturated heterocycles. The van der Waals surface area contributed by atoms with E-state index in [0.717, 1.165) is 37.2 Å². The lowest BCUT2D eigenvalue weighted by Crippen LogP contribution is -2.47. The molecule has 2 aromatic carbocycles. The summed E-state index contributed by atoms with van der Waals surface area (Å²) in [4.78, 5) is 29.3. The zero-order valence-electron chi connectivity index (χ0n) is 18.0. The third-order valence-electron chi connectivity index (χ3n) is 6.44. The van der Waals surface area contributed by atoms with Gasteiger partial charge < -0.3 is 14.4 Å². The van der Waals surface area contributed by atoms with Gasteiger partial charge in [-0.15, -0.1) is 0 Å². The van der Waals surface area contributed by atoms with E-state index in [1.807, 2.05) is 12.1 Å². The molecule has 3 heterocycles. The number of piperidine rings is 1. The molecule has 6 heteroatoms. The van der Waals surface area contributed by atoms with Crippen molar-refractivity contribution >= 4 is 17.5 Å². The Kier molecular flexibility index (Phi) is 5.07. The Balaban J connectivity index is 1.21. The van der Waals surface area contributed by atoms with Gasteiger partial charge in [-0.05, 0) is 37.1 Å². The second-order valence-electron chi connectivity index (χ2n) is 9.45. The van der Waals surface area contributed by atoms with Gasteiger partial charge in [-0.1, -0.05) is 38.1 Å². The summed E-state index contributed by atoms with van der Waals surface area (Å²) in [7, 11) is 0. The number of benzene rings is 2. The molecule has 0 radical (unpaired) electrons. The van der Waals surface area contributed by atoms with Crippen LogP contribution in [0.3, 0.4) is 0 Å². The summed E-state index contributed by atoms with van der Waals surface area (Å²) < 4.78 is 11.8. The summed E-state index contributed by atoms with van der Waals surface area (Å²) >= 11 is 0. The Hall–Kier alpha value is -2.70. The van der Waals surface area contributed by atoms with E-state index in [-0.39, 0.29) is 29.6 Å². The number of carbonyl (C=O) groups is 2. The molecular formula is C25H28N2O4. The summed E-state index contributed by atoms with van der Waals surface area (Å²) in [6.07, 6.45) is 1.25. The molecule has 6 nitrogen and oxygen atoms in total. The van der Waals surface area contributed by atoms with Gasteiger partial charge in [-0.3, -0.25) is 14.5 Å². The minimum atomic E-state index is -0.304.